The van der Waals surface area contributed by atoms with Crippen LogP contribution in [0.3, 0.4) is 0 Å². The van der Waals surface area contributed by atoms with E-state index in [4.69, 9.17) is 9.47 Å². The Morgan fingerprint density at radius 3 is 2.91 bits per heavy atom. The van der Waals surface area contributed by atoms with Crippen LogP contribution in [0.25, 0.3) is 11.4 Å². The predicted molar refractivity (Wildman–Crippen MR) is 116 cm³/mol. The highest BCUT2D eigenvalue weighted by Crippen LogP contribution is 2.29. The monoisotopic (exact) mass is 429 g/mol. The summed E-state index contributed by atoms with van der Waals surface area (Å²) in [6.45, 7) is 5.78. The summed E-state index contributed by atoms with van der Waals surface area (Å²) in [5.41, 5.74) is 5.51. The van der Waals surface area contributed by atoms with Crippen molar-refractivity contribution >= 4 is 5.97 Å². The minimum Gasteiger partial charge on any atom is -0.495 e. The first-order valence-electron chi connectivity index (χ1n) is 10.6. The minimum atomic E-state index is -0.222. The number of rotatable bonds is 5. The van der Waals surface area contributed by atoms with E-state index >= 15 is 0 Å². The summed E-state index contributed by atoms with van der Waals surface area (Å²) in [7, 11) is 1.56. The van der Waals surface area contributed by atoms with Crippen molar-refractivity contribution in [2.75, 3.05) is 20.2 Å². The van der Waals surface area contributed by atoms with Crippen LogP contribution in [0.15, 0.2) is 30.3 Å². The Bertz CT molecular complexity index is 1260. The summed E-state index contributed by atoms with van der Waals surface area (Å²) in [4.78, 5) is 14.1. The summed E-state index contributed by atoms with van der Waals surface area (Å²) in [5, 5.41) is 18.0. The lowest BCUT2D eigenvalue weighted by Crippen LogP contribution is -2.35. The third-order valence-corrected chi connectivity index (χ3v) is 6.39. The first-order chi connectivity index (χ1) is 15.6. The molecule has 0 atom stereocenters. The number of carbonyl (C=O) groups is 1. The number of esters is 1. The molecule has 0 N–H and O–H groups in total. The van der Waals surface area contributed by atoms with E-state index in [-0.39, 0.29) is 5.97 Å². The van der Waals surface area contributed by atoms with Gasteiger partial charge in [-0.3, -0.25) is 4.90 Å². The summed E-state index contributed by atoms with van der Waals surface area (Å²) in [6, 6.07) is 11.5. The molecule has 0 saturated heterocycles. The van der Waals surface area contributed by atoms with Crippen LogP contribution in [-0.4, -0.2) is 45.8 Å². The van der Waals surface area contributed by atoms with E-state index in [1.807, 2.05) is 24.3 Å². The van der Waals surface area contributed by atoms with Crippen molar-refractivity contribution in [1.29, 1.82) is 5.26 Å². The van der Waals surface area contributed by atoms with E-state index in [1.165, 1.54) is 5.56 Å². The van der Waals surface area contributed by atoms with Gasteiger partial charge in [0.25, 0.3) is 0 Å². The molecule has 2 aromatic carbocycles. The zero-order valence-electron chi connectivity index (χ0n) is 18.1. The second kappa shape index (κ2) is 8.09. The lowest BCUT2D eigenvalue weighted by Gasteiger charge is -2.28. The second-order valence-corrected chi connectivity index (χ2v) is 8.10. The number of nitrogens with zero attached hydrogens (tertiary/aromatic N) is 5. The lowest BCUT2D eigenvalue weighted by molar-refractivity contribution is 0.0535. The zero-order chi connectivity index (χ0) is 22.2. The van der Waals surface area contributed by atoms with E-state index < -0.39 is 0 Å². The van der Waals surface area contributed by atoms with Gasteiger partial charge in [-0.2, -0.15) is 5.26 Å². The van der Waals surface area contributed by atoms with Crippen LogP contribution in [0.5, 0.6) is 5.75 Å². The van der Waals surface area contributed by atoms with Crippen molar-refractivity contribution in [2.24, 2.45) is 0 Å². The molecule has 0 amide bonds. The largest absolute Gasteiger partial charge is 0.495 e. The second-order valence-electron chi connectivity index (χ2n) is 8.10. The smallest absolute Gasteiger partial charge is 0.338 e. The van der Waals surface area contributed by atoms with Crippen LogP contribution in [0.1, 0.15) is 38.4 Å². The van der Waals surface area contributed by atoms with Gasteiger partial charge >= 0.3 is 5.97 Å². The Morgan fingerprint density at radius 1 is 1.22 bits per heavy atom. The van der Waals surface area contributed by atoms with E-state index in [0.717, 1.165) is 60.9 Å². The molecule has 5 rings (SSSR count). The molecule has 0 fully saturated rings. The molecule has 8 heteroatoms. The van der Waals surface area contributed by atoms with Gasteiger partial charge in [-0.1, -0.05) is 6.07 Å². The molecule has 3 heterocycles. The number of nitriles is 1. The van der Waals surface area contributed by atoms with Crippen molar-refractivity contribution in [2.45, 2.75) is 33.0 Å². The Hall–Kier alpha value is -3.70. The maximum absolute atomic E-state index is 11.8. The Labute approximate surface area is 186 Å². The summed E-state index contributed by atoms with van der Waals surface area (Å²) >= 11 is 0. The van der Waals surface area contributed by atoms with Gasteiger partial charge in [0, 0.05) is 30.8 Å². The van der Waals surface area contributed by atoms with E-state index in [9.17, 15) is 10.1 Å². The molecule has 0 spiro atoms. The normalized spacial score (nSPS) is 15.1. The van der Waals surface area contributed by atoms with Crippen LogP contribution < -0.4 is 4.74 Å². The third kappa shape index (κ3) is 3.41. The number of aromatic nitrogens is 3. The first kappa shape index (κ1) is 20.2. The average molecular weight is 429 g/mol. The standard InChI is InChI=1S/C24H23N5O3/c1-15-16(5-6-19-20(15)14-32-24(19)30)7-8-28-9-10-29-22(13-28)26-27-23(29)17-3-4-18(12-25)21(11-17)31-2/h3-6,11H,7-10,13-14H2,1-2H3. The van der Waals surface area contributed by atoms with E-state index in [1.54, 1.807) is 13.2 Å². The molecule has 0 aliphatic carbocycles. The highest BCUT2D eigenvalue weighted by molar-refractivity contribution is 5.93. The van der Waals surface area contributed by atoms with Crippen molar-refractivity contribution in [3.63, 3.8) is 0 Å². The Kier molecular flexibility index (Phi) is 5.11. The number of carbonyl (C=O) groups excluding carboxylic acids is 1. The number of benzene rings is 2. The molecule has 8 nitrogen and oxygen atoms in total. The van der Waals surface area contributed by atoms with Gasteiger partial charge in [0.05, 0.1) is 24.8 Å². The summed E-state index contributed by atoms with van der Waals surface area (Å²) in [6.07, 6.45) is 0.904. The number of ether oxygens (including phenoxy) is 2. The van der Waals surface area contributed by atoms with Gasteiger partial charge in [-0.15, -0.1) is 10.2 Å². The van der Waals surface area contributed by atoms with Crippen molar-refractivity contribution < 1.29 is 14.3 Å². The first-order valence-corrected chi connectivity index (χ1v) is 10.6. The molecule has 0 bridgehead atoms. The molecule has 32 heavy (non-hydrogen) atoms. The van der Waals surface area contributed by atoms with Crippen LogP contribution in [0.2, 0.25) is 0 Å². The topological polar surface area (TPSA) is 93.3 Å². The molecule has 3 aromatic rings. The van der Waals surface area contributed by atoms with Gasteiger partial charge in [0.2, 0.25) is 0 Å². The maximum atomic E-state index is 11.8. The van der Waals surface area contributed by atoms with E-state index in [0.29, 0.717) is 23.5 Å². The summed E-state index contributed by atoms with van der Waals surface area (Å²) < 4.78 is 12.6. The van der Waals surface area contributed by atoms with Crippen molar-refractivity contribution in [3.05, 3.63) is 64.0 Å². The molecule has 162 valence electrons. The molecule has 0 unspecified atom stereocenters. The number of methoxy groups -OCH3 is 1. The Morgan fingerprint density at radius 2 is 2.09 bits per heavy atom. The van der Waals surface area contributed by atoms with E-state index in [2.05, 4.69) is 32.7 Å². The number of hydrogen-bond acceptors (Lipinski definition) is 7. The number of cyclic esters (lactones) is 1. The zero-order valence-corrected chi connectivity index (χ0v) is 18.1. The highest BCUT2D eigenvalue weighted by atomic mass is 16.5. The SMILES string of the molecule is COc1cc(-c2nnc3n2CCN(CCc2ccc4c(c2C)COC4=O)C3)ccc1C#N. The van der Waals surface area contributed by atoms with Crippen LogP contribution >= 0.6 is 0 Å². The molecule has 0 saturated carbocycles. The highest BCUT2D eigenvalue weighted by Gasteiger charge is 2.25. The molecular formula is C24H23N5O3. The quantitative estimate of drug-likeness (QED) is 0.576. The Balaban J connectivity index is 1.30. The molecule has 0 radical (unpaired) electrons. The van der Waals surface area contributed by atoms with Crippen molar-refractivity contribution in [3.8, 4) is 23.2 Å². The molecule has 1 aromatic heterocycles. The summed E-state index contributed by atoms with van der Waals surface area (Å²) in [5.74, 6) is 2.04. The van der Waals surface area contributed by atoms with Gasteiger partial charge in [0.15, 0.2) is 5.82 Å². The fourth-order valence-corrected chi connectivity index (χ4v) is 4.48. The number of hydrogen-bond donors (Lipinski definition) is 0. The van der Waals surface area contributed by atoms with Gasteiger partial charge in [-0.25, -0.2) is 4.79 Å². The van der Waals surface area contributed by atoms with Crippen LogP contribution in [-0.2, 0) is 30.9 Å². The molecule has 2 aliphatic heterocycles. The molecule has 2 aliphatic rings. The molecular weight excluding hydrogens is 406 g/mol. The fraction of sp³-hybridized carbons (Fsp3) is 0.333. The fourth-order valence-electron chi connectivity index (χ4n) is 4.48. The van der Waals surface area contributed by atoms with Crippen molar-refractivity contribution in [1.82, 2.24) is 19.7 Å². The maximum Gasteiger partial charge on any atom is 0.338 e. The van der Waals surface area contributed by atoms with Gasteiger partial charge in [-0.05, 0) is 48.7 Å². The van der Waals surface area contributed by atoms with Gasteiger partial charge in [0.1, 0.15) is 24.3 Å². The lowest BCUT2D eigenvalue weighted by atomic mass is 9.96. The average Bonchev–Trinajstić information content (AvgIpc) is 3.42. The minimum absolute atomic E-state index is 0.222. The predicted octanol–water partition coefficient (Wildman–Crippen LogP) is 2.86. The third-order valence-electron chi connectivity index (χ3n) is 6.39. The van der Waals surface area contributed by atoms with Crippen LogP contribution in [0, 0.1) is 18.3 Å². The van der Waals surface area contributed by atoms with Crippen LogP contribution in [0.4, 0.5) is 0 Å². The number of fused-ring (bicyclic) bond motifs is 2. The van der Waals surface area contributed by atoms with Gasteiger partial charge < -0.3 is 14.0 Å².